The molecule has 0 amide bonds. The van der Waals surface area contributed by atoms with Crippen LogP contribution in [0.25, 0.3) is 0 Å². The Morgan fingerprint density at radius 2 is 2.21 bits per heavy atom. The smallest absolute Gasteiger partial charge is 0.341 e. The van der Waals surface area contributed by atoms with Gasteiger partial charge < -0.3 is 10.5 Å². The average molecular weight is 192 g/mol. The van der Waals surface area contributed by atoms with E-state index in [1.807, 2.05) is 6.92 Å². The molecule has 1 unspecified atom stereocenters. The summed E-state index contributed by atoms with van der Waals surface area (Å²) in [7, 11) is 0. The van der Waals surface area contributed by atoms with Crippen molar-refractivity contribution in [3.8, 4) is 0 Å². The van der Waals surface area contributed by atoms with E-state index in [9.17, 15) is 4.79 Å². The number of carbonyl (C=O) groups excluding carboxylic acids is 1. The minimum Gasteiger partial charge on any atom is -0.418 e. The van der Waals surface area contributed by atoms with Gasteiger partial charge in [0, 0.05) is 12.6 Å². The fourth-order valence-corrected chi connectivity index (χ4v) is 1.02. The maximum absolute atomic E-state index is 11.4. The van der Waals surface area contributed by atoms with Crippen molar-refractivity contribution < 1.29 is 9.53 Å². The molecule has 0 aliphatic heterocycles. The topological polar surface area (TPSA) is 52.3 Å². The monoisotopic (exact) mass is 192 g/mol. The third-order valence-corrected chi connectivity index (χ3v) is 1.82. The predicted octanol–water partition coefficient (Wildman–Crippen LogP) is 1.96. The van der Waals surface area contributed by atoms with Crippen molar-refractivity contribution >= 4 is 11.7 Å². The Hall–Kier alpha value is -1.64. The molecule has 1 atom stereocenters. The van der Waals surface area contributed by atoms with Crippen LogP contribution in [0.5, 0.6) is 0 Å². The Balaban J connectivity index is 2.86. The maximum Gasteiger partial charge on any atom is 0.341 e. The molecular weight excluding hydrogens is 178 g/mol. The van der Waals surface area contributed by atoms with Gasteiger partial charge in [0.25, 0.3) is 0 Å². The number of benzene rings is 1. The molecule has 0 saturated heterocycles. The third kappa shape index (κ3) is 2.42. The molecule has 1 aromatic rings. The summed E-state index contributed by atoms with van der Waals surface area (Å²) in [6.45, 7) is 7.16. The number of nitrogen functional groups attached to an aromatic ring is 1. The standard InChI is InChI=1S/C11H14NO2/c1-7(2)14-11(13)9-5-4-8(3)10(12)6-9/h4-7H,1,12H2,2-3H3/q+1. The number of hydrogen-bond acceptors (Lipinski definition) is 3. The first kappa shape index (κ1) is 10.4. The largest absolute Gasteiger partial charge is 0.418 e. The summed E-state index contributed by atoms with van der Waals surface area (Å²) < 4.78 is 4.93. The Kier molecular flexibility index (Phi) is 3.02. The van der Waals surface area contributed by atoms with E-state index in [4.69, 9.17) is 10.5 Å². The normalized spacial score (nSPS) is 12.1. The minimum atomic E-state index is -0.390. The van der Waals surface area contributed by atoms with Gasteiger partial charge in [-0.15, -0.1) is 0 Å². The van der Waals surface area contributed by atoms with Crippen LogP contribution in [0.3, 0.4) is 0 Å². The molecule has 0 fully saturated rings. The highest BCUT2D eigenvalue weighted by molar-refractivity contribution is 5.90. The van der Waals surface area contributed by atoms with Crippen molar-refractivity contribution in [2.45, 2.75) is 20.0 Å². The van der Waals surface area contributed by atoms with Gasteiger partial charge in [0.05, 0.1) is 5.56 Å². The summed E-state index contributed by atoms with van der Waals surface area (Å²) in [6, 6.07) is 5.09. The molecule has 2 N–H and O–H groups in total. The number of aryl methyl sites for hydroxylation is 1. The van der Waals surface area contributed by atoms with Crippen LogP contribution < -0.4 is 5.73 Å². The number of hydrogen-bond donors (Lipinski definition) is 1. The molecule has 3 heteroatoms. The van der Waals surface area contributed by atoms with Crippen LogP contribution in [-0.2, 0) is 4.74 Å². The summed E-state index contributed by atoms with van der Waals surface area (Å²) in [4.78, 5) is 11.4. The second kappa shape index (κ2) is 4.05. The van der Waals surface area contributed by atoms with Crippen molar-refractivity contribution in [1.29, 1.82) is 0 Å². The fraction of sp³-hybridized carbons (Fsp3) is 0.273. The first-order valence-corrected chi connectivity index (χ1v) is 4.41. The van der Waals surface area contributed by atoms with Crippen LogP contribution in [0, 0.1) is 13.8 Å². The van der Waals surface area contributed by atoms with E-state index < -0.39 is 0 Å². The third-order valence-electron chi connectivity index (χ3n) is 1.82. The second-order valence-electron chi connectivity index (χ2n) is 3.29. The minimum absolute atomic E-state index is 0.356. The molecule has 0 radical (unpaired) electrons. The molecule has 0 aromatic heterocycles. The lowest BCUT2D eigenvalue weighted by atomic mass is 10.1. The van der Waals surface area contributed by atoms with Crippen LogP contribution in [0.15, 0.2) is 18.2 Å². The zero-order valence-electron chi connectivity index (χ0n) is 8.41. The average Bonchev–Trinajstić information content (AvgIpc) is 2.08. The fourth-order valence-electron chi connectivity index (χ4n) is 1.02. The number of nitrogens with two attached hydrogens (primary N) is 1. The second-order valence-corrected chi connectivity index (χ2v) is 3.29. The zero-order valence-corrected chi connectivity index (χ0v) is 8.41. The molecule has 0 aliphatic rings. The Morgan fingerprint density at radius 1 is 1.57 bits per heavy atom. The molecule has 0 aliphatic carbocycles. The Morgan fingerprint density at radius 3 is 2.71 bits per heavy atom. The van der Waals surface area contributed by atoms with Crippen molar-refractivity contribution in [3.05, 3.63) is 36.2 Å². The van der Waals surface area contributed by atoms with Gasteiger partial charge in [-0.25, -0.2) is 4.79 Å². The zero-order chi connectivity index (χ0) is 10.7. The Bertz CT molecular complexity index is 345. The van der Waals surface area contributed by atoms with Crippen molar-refractivity contribution in [2.75, 3.05) is 5.73 Å². The van der Waals surface area contributed by atoms with Gasteiger partial charge in [0.1, 0.15) is 6.92 Å². The highest BCUT2D eigenvalue weighted by atomic mass is 16.5. The van der Waals surface area contributed by atoms with Gasteiger partial charge in [0.15, 0.2) is 0 Å². The molecule has 0 spiro atoms. The van der Waals surface area contributed by atoms with E-state index in [-0.39, 0.29) is 12.1 Å². The lowest BCUT2D eigenvalue weighted by Gasteiger charge is -2.05. The maximum atomic E-state index is 11.4. The van der Waals surface area contributed by atoms with Crippen LogP contribution >= 0.6 is 0 Å². The summed E-state index contributed by atoms with van der Waals surface area (Å²) >= 11 is 0. The van der Waals surface area contributed by atoms with E-state index in [0.29, 0.717) is 11.3 Å². The molecule has 14 heavy (non-hydrogen) atoms. The Labute approximate surface area is 83.9 Å². The number of carbonyl (C=O) groups is 1. The first-order chi connectivity index (χ1) is 6.50. The van der Waals surface area contributed by atoms with E-state index in [2.05, 4.69) is 6.92 Å². The molecule has 0 bridgehead atoms. The molecule has 74 valence electrons. The van der Waals surface area contributed by atoms with Crippen LogP contribution in [0.2, 0.25) is 0 Å². The van der Waals surface area contributed by atoms with Gasteiger partial charge in [-0.05, 0) is 24.6 Å². The predicted molar refractivity (Wildman–Crippen MR) is 55.8 cm³/mol. The highest BCUT2D eigenvalue weighted by Crippen LogP contribution is 2.14. The summed E-state index contributed by atoms with van der Waals surface area (Å²) in [6.07, 6.45) is -0.356. The van der Waals surface area contributed by atoms with Crippen LogP contribution in [0.1, 0.15) is 22.8 Å². The highest BCUT2D eigenvalue weighted by Gasteiger charge is 2.12. The number of esters is 1. The van der Waals surface area contributed by atoms with Gasteiger partial charge in [0.2, 0.25) is 6.10 Å². The molecular formula is C11H14NO2+. The molecule has 1 rings (SSSR count). The lowest BCUT2D eigenvalue weighted by Crippen LogP contribution is -2.12. The van der Waals surface area contributed by atoms with Crippen molar-refractivity contribution in [2.24, 2.45) is 0 Å². The van der Waals surface area contributed by atoms with Gasteiger partial charge in [-0.3, -0.25) is 0 Å². The van der Waals surface area contributed by atoms with Crippen LogP contribution in [0.4, 0.5) is 5.69 Å². The molecule has 0 heterocycles. The molecule has 3 nitrogen and oxygen atoms in total. The van der Waals surface area contributed by atoms with Crippen LogP contribution in [-0.4, -0.2) is 12.1 Å². The van der Waals surface area contributed by atoms with E-state index in [1.54, 1.807) is 25.1 Å². The summed E-state index contributed by atoms with van der Waals surface area (Å²) in [5.41, 5.74) is 7.67. The lowest BCUT2D eigenvalue weighted by molar-refractivity contribution is 0.0420. The van der Waals surface area contributed by atoms with E-state index >= 15 is 0 Å². The summed E-state index contributed by atoms with van der Waals surface area (Å²) in [5, 5.41) is 0. The molecule has 0 saturated carbocycles. The molecule has 1 aromatic carbocycles. The van der Waals surface area contributed by atoms with Crippen molar-refractivity contribution in [1.82, 2.24) is 0 Å². The quantitative estimate of drug-likeness (QED) is 0.442. The van der Waals surface area contributed by atoms with Gasteiger partial charge >= 0.3 is 5.97 Å². The van der Waals surface area contributed by atoms with Crippen molar-refractivity contribution in [3.63, 3.8) is 0 Å². The van der Waals surface area contributed by atoms with Gasteiger partial charge in [-0.2, -0.15) is 0 Å². The SMILES string of the molecule is [CH2+]C(C)OC(=O)c1ccc(C)c(N)c1. The number of ether oxygens (including phenoxy) is 1. The van der Waals surface area contributed by atoms with E-state index in [0.717, 1.165) is 5.56 Å². The summed E-state index contributed by atoms with van der Waals surface area (Å²) in [5.74, 6) is -0.390. The number of rotatable bonds is 2. The van der Waals surface area contributed by atoms with E-state index in [1.165, 1.54) is 0 Å². The number of anilines is 1. The first-order valence-electron chi connectivity index (χ1n) is 4.41. The van der Waals surface area contributed by atoms with Gasteiger partial charge in [-0.1, -0.05) is 6.07 Å².